The Hall–Kier alpha value is -1.87. The molecule has 1 aromatic carbocycles. The summed E-state index contributed by atoms with van der Waals surface area (Å²) in [6.07, 6.45) is 0.787. The number of hydrogen-bond acceptors (Lipinski definition) is 7. The molecule has 1 spiro atoms. The Kier molecular flexibility index (Phi) is 3.45. The van der Waals surface area contributed by atoms with Gasteiger partial charge in [-0.05, 0) is 31.0 Å². The Bertz CT molecular complexity index is 1000. The molecule has 8 heteroatoms. The summed E-state index contributed by atoms with van der Waals surface area (Å²) >= 11 is 0. The summed E-state index contributed by atoms with van der Waals surface area (Å²) in [5, 5.41) is 22.7. The van der Waals surface area contributed by atoms with E-state index in [9.17, 15) is 15.0 Å². The van der Waals surface area contributed by atoms with Gasteiger partial charge in [-0.1, -0.05) is 0 Å². The van der Waals surface area contributed by atoms with E-state index in [1.807, 2.05) is 11.0 Å². The lowest BCUT2D eigenvalue weighted by atomic mass is 9.51. The standard InChI is InChI=1S/C23H28N2O6/c1-29-14-5-11-13(7-15(14)30-2)25-19(27)8-16-20-12-6-17-22(11,21(20)25)3-4-24(17)10-23(12,28)18(26)9-31-16/h5,7,12,16-18,20-21,26,28H,3-4,6,8-10H2,1-2H3/t12-,16+,17?,18-,20+,21+,22-,23+/m1/s1. The van der Waals surface area contributed by atoms with Crippen molar-refractivity contribution in [2.45, 2.75) is 54.6 Å². The third-order valence-corrected chi connectivity index (χ3v) is 9.44. The number of fused-ring (bicyclic) bond motifs is 2. The molecule has 1 unspecified atom stereocenters. The lowest BCUT2D eigenvalue weighted by molar-refractivity contribution is -0.184. The molecule has 1 saturated carbocycles. The summed E-state index contributed by atoms with van der Waals surface area (Å²) in [5.74, 6) is 1.24. The Morgan fingerprint density at radius 1 is 1.23 bits per heavy atom. The first-order chi connectivity index (χ1) is 14.9. The van der Waals surface area contributed by atoms with Gasteiger partial charge in [0.1, 0.15) is 11.7 Å². The summed E-state index contributed by atoms with van der Waals surface area (Å²) in [6.45, 7) is 1.38. The molecule has 0 radical (unpaired) electrons. The van der Waals surface area contributed by atoms with Gasteiger partial charge in [-0.15, -0.1) is 0 Å². The van der Waals surface area contributed by atoms with Crippen LogP contribution in [0.2, 0.25) is 0 Å². The lowest BCUT2D eigenvalue weighted by Gasteiger charge is -2.61. The van der Waals surface area contributed by atoms with Crippen LogP contribution >= 0.6 is 0 Å². The fourth-order valence-corrected chi connectivity index (χ4v) is 8.32. The van der Waals surface area contributed by atoms with Gasteiger partial charge in [0.2, 0.25) is 5.91 Å². The molecular formula is C23H28N2O6. The number of rotatable bonds is 2. The fraction of sp³-hybridized carbons (Fsp3) is 0.696. The van der Waals surface area contributed by atoms with Crippen molar-refractivity contribution in [2.75, 3.05) is 38.8 Å². The van der Waals surface area contributed by atoms with Gasteiger partial charge in [0, 0.05) is 35.9 Å². The Labute approximate surface area is 180 Å². The third kappa shape index (κ3) is 1.92. The smallest absolute Gasteiger partial charge is 0.229 e. The molecule has 5 heterocycles. The minimum absolute atomic E-state index is 0.0132. The van der Waals surface area contributed by atoms with Gasteiger partial charge in [-0.3, -0.25) is 9.69 Å². The van der Waals surface area contributed by atoms with Crippen LogP contribution in [0.4, 0.5) is 5.69 Å². The largest absolute Gasteiger partial charge is 0.493 e. The second-order valence-corrected chi connectivity index (χ2v) is 10.2. The first-order valence-corrected chi connectivity index (χ1v) is 11.3. The van der Waals surface area contributed by atoms with E-state index < -0.39 is 11.7 Å². The van der Waals surface area contributed by atoms with E-state index in [-0.39, 0.29) is 54.4 Å². The number of carbonyl (C=O) groups excluding carboxylic acids is 1. The molecule has 8 nitrogen and oxygen atoms in total. The van der Waals surface area contributed by atoms with E-state index in [1.54, 1.807) is 14.2 Å². The van der Waals surface area contributed by atoms with Crippen LogP contribution in [0.15, 0.2) is 12.1 Å². The van der Waals surface area contributed by atoms with E-state index in [2.05, 4.69) is 11.0 Å². The summed E-state index contributed by atoms with van der Waals surface area (Å²) in [5.41, 5.74) is 0.645. The van der Waals surface area contributed by atoms with Crippen LogP contribution in [0.5, 0.6) is 11.5 Å². The zero-order chi connectivity index (χ0) is 21.3. The van der Waals surface area contributed by atoms with Crippen molar-refractivity contribution in [2.24, 2.45) is 11.8 Å². The number of benzene rings is 1. The molecule has 166 valence electrons. The summed E-state index contributed by atoms with van der Waals surface area (Å²) < 4.78 is 17.4. The molecule has 2 N–H and O–H groups in total. The Balaban J connectivity index is 1.51. The normalized spacial score (nSPS) is 46.6. The molecule has 7 rings (SSSR count). The van der Waals surface area contributed by atoms with Crippen molar-refractivity contribution in [3.63, 3.8) is 0 Å². The molecule has 0 aromatic heterocycles. The number of carbonyl (C=O) groups is 1. The maximum Gasteiger partial charge on any atom is 0.229 e. The quantitative estimate of drug-likeness (QED) is 0.699. The molecule has 4 saturated heterocycles. The Morgan fingerprint density at radius 3 is 2.77 bits per heavy atom. The first kappa shape index (κ1) is 18.7. The number of aliphatic hydroxyl groups excluding tert-OH is 1. The van der Waals surface area contributed by atoms with Crippen LogP contribution in [0.25, 0.3) is 0 Å². The highest BCUT2D eigenvalue weighted by atomic mass is 16.5. The van der Waals surface area contributed by atoms with Crippen LogP contribution in [-0.4, -0.2) is 84.8 Å². The van der Waals surface area contributed by atoms with Crippen LogP contribution < -0.4 is 14.4 Å². The number of amides is 1. The highest BCUT2D eigenvalue weighted by Gasteiger charge is 2.75. The van der Waals surface area contributed by atoms with Crippen LogP contribution in [0, 0.1) is 11.8 Å². The third-order valence-electron chi connectivity index (χ3n) is 9.44. The topological polar surface area (TPSA) is 91.7 Å². The van der Waals surface area contributed by atoms with E-state index in [0.29, 0.717) is 18.0 Å². The molecule has 31 heavy (non-hydrogen) atoms. The molecule has 5 fully saturated rings. The van der Waals surface area contributed by atoms with E-state index in [0.717, 1.165) is 30.6 Å². The van der Waals surface area contributed by atoms with Gasteiger partial charge in [-0.25, -0.2) is 0 Å². The zero-order valence-corrected chi connectivity index (χ0v) is 17.8. The first-order valence-electron chi connectivity index (χ1n) is 11.3. The number of aliphatic hydroxyl groups is 2. The maximum atomic E-state index is 13.5. The monoisotopic (exact) mass is 428 g/mol. The predicted molar refractivity (Wildman–Crippen MR) is 109 cm³/mol. The lowest BCUT2D eigenvalue weighted by Crippen LogP contribution is -2.74. The van der Waals surface area contributed by atoms with Gasteiger partial charge in [0.25, 0.3) is 0 Å². The average Bonchev–Trinajstić information content (AvgIpc) is 3.26. The molecular weight excluding hydrogens is 400 g/mol. The number of nitrogens with zero attached hydrogens (tertiary/aromatic N) is 2. The van der Waals surface area contributed by atoms with Crippen molar-refractivity contribution < 1.29 is 29.2 Å². The Morgan fingerprint density at radius 2 is 2.00 bits per heavy atom. The minimum atomic E-state index is -1.21. The molecule has 8 atom stereocenters. The van der Waals surface area contributed by atoms with E-state index >= 15 is 0 Å². The number of methoxy groups -OCH3 is 2. The van der Waals surface area contributed by atoms with Gasteiger partial charge < -0.3 is 29.3 Å². The SMILES string of the molecule is COc1cc2c(cc1OC)[C@@]13CCN4C[C@@]5(O)[C@H](O)CO[C@H]6CC(=O)N2[C@H]1[C@H]6[C@H]5CC43. The van der Waals surface area contributed by atoms with Crippen molar-refractivity contribution in [1.29, 1.82) is 0 Å². The highest BCUT2D eigenvalue weighted by Crippen LogP contribution is 2.67. The van der Waals surface area contributed by atoms with E-state index in [4.69, 9.17) is 14.2 Å². The molecule has 1 amide bonds. The summed E-state index contributed by atoms with van der Waals surface area (Å²) in [4.78, 5) is 17.8. The van der Waals surface area contributed by atoms with Gasteiger partial charge in [0.15, 0.2) is 11.5 Å². The highest BCUT2D eigenvalue weighted by molar-refractivity contribution is 5.99. The fourth-order valence-electron chi connectivity index (χ4n) is 8.32. The molecule has 5 aliphatic heterocycles. The second-order valence-electron chi connectivity index (χ2n) is 10.2. The number of ether oxygens (including phenoxy) is 3. The van der Waals surface area contributed by atoms with Crippen LogP contribution in [0.1, 0.15) is 24.8 Å². The van der Waals surface area contributed by atoms with Crippen LogP contribution in [0.3, 0.4) is 0 Å². The molecule has 2 bridgehead atoms. The number of piperidine rings is 2. The van der Waals surface area contributed by atoms with Crippen molar-refractivity contribution in [1.82, 2.24) is 4.90 Å². The van der Waals surface area contributed by atoms with Gasteiger partial charge in [0.05, 0.1) is 45.1 Å². The molecule has 1 aromatic rings. The average molecular weight is 428 g/mol. The maximum absolute atomic E-state index is 13.5. The number of hydrogen-bond donors (Lipinski definition) is 2. The molecule has 6 aliphatic rings. The zero-order valence-electron chi connectivity index (χ0n) is 17.8. The molecule has 1 aliphatic carbocycles. The van der Waals surface area contributed by atoms with Crippen molar-refractivity contribution in [3.05, 3.63) is 17.7 Å². The van der Waals surface area contributed by atoms with E-state index in [1.165, 1.54) is 0 Å². The summed E-state index contributed by atoms with van der Waals surface area (Å²) in [6, 6.07) is 4.16. The van der Waals surface area contributed by atoms with Gasteiger partial charge >= 0.3 is 0 Å². The van der Waals surface area contributed by atoms with Crippen molar-refractivity contribution >= 4 is 11.6 Å². The minimum Gasteiger partial charge on any atom is -0.493 e. The summed E-state index contributed by atoms with van der Waals surface area (Å²) in [7, 11) is 3.26. The van der Waals surface area contributed by atoms with Gasteiger partial charge in [-0.2, -0.15) is 0 Å². The second kappa shape index (κ2) is 5.73. The number of anilines is 1. The predicted octanol–water partition coefficient (Wildman–Crippen LogP) is 0.275. The van der Waals surface area contributed by atoms with Crippen molar-refractivity contribution in [3.8, 4) is 11.5 Å². The van der Waals surface area contributed by atoms with Crippen LogP contribution in [-0.2, 0) is 14.9 Å².